The highest BCUT2D eigenvalue weighted by atomic mass is 16.5. The third-order valence-electron chi connectivity index (χ3n) is 5.90. The van der Waals surface area contributed by atoms with Crippen LogP contribution in [-0.2, 0) is 12.8 Å². The second kappa shape index (κ2) is 7.22. The van der Waals surface area contributed by atoms with Gasteiger partial charge in [-0.05, 0) is 67.9 Å². The number of methoxy groups -OCH3 is 1. The van der Waals surface area contributed by atoms with E-state index in [0.29, 0.717) is 29.7 Å². The number of likely N-dealkylation sites (tertiary alicyclic amines) is 1. The molecule has 2 aliphatic rings. The van der Waals surface area contributed by atoms with Gasteiger partial charge < -0.3 is 14.1 Å². The Labute approximate surface area is 158 Å². The molecule has 5 heteroatoms. The first kappa shape index (κ1) is 17.8. The Balaban J connectivity index is 1.48. The van der Waals surface area contributed by atoms with Gasteiger partial charge in [0.25, 0.3) is 5.91 Å². The Kier molecular flexibility index (Phi) is 4.77. The summed E-state index contributed by atoms with van der Waals surface area (Å²) in [7, 11) is 1.64. The minimum absolute atomic E-state index is 0.157. The smallest absolute Gasteiger partial charge is 0.349 e. The lowest BCUT2D eigenvalue weighted by Gasteiger charge is -2.27. The fourth-order valence-electron chi connectivity index (χ4n) is 4.43. The largest absolute Gasteiger partial charge is 0.497 e. The van der Waals surface area contributed by atoms with Crippen LogP contribution < -0.4 is 10.4 Å². The lowest BCUT2D eigenvalue weighted by Crippen LogP contribution is -2.40. The number of amides is 1. The van der Waals surface area contributed by atoms with Gasteiger partial charge in [0, 0.05) is 19.0 Å². The van der Waals surface area contributed by atoms with Crippen molar-refractivity contribution in [3.63, 3.8) is 0 Å². The van der Waals surface area contributed by atoms with E-state index in [0.717, 1.165) is 37.1 Å². The number of hydrogen-bond donors (Lipinski definition) is 0. The van der Waals surface area contributed by atoms with Gasteiger partial charge in [-0.25, -0.2) is 4.79 Å². The fraction of sp³-hybridized carbons (Fsp3) is 0.455. The molecule has 2 heterocycles. The molecule has 1 saturated carbocycles. The summed E-state index contributed by atoms with van der Waals surface area (Å²) >= 11 is 0. The fourth-order valence-corrected chi connectivity index (χ4v) is 4.43. The average molecular weight is 367 g/mol. The Morgan fingerprint density at radius 3 is 2.59 bits per heavy atom. The molecule has 1 aliphatic carbocycles. The topological polar surface area (TPSA) is 59.8 Å². The van der Waals surface area contributed by atoms with E-state index >= 15 is 0 Å². The van der Waals surface area contributed by atoms with Crippen LogP contribution in [0.4, 0.5) is 0 Å². The van der Waals surface area contributed by atoms with E-state index in [-0.39, 0.29) is 11.5 Å². The summed E-state index contributed by atoms with van der Waals surface area (Å²) in [5.74, 6) is 1.89. The molecular formula is C22H25NO4. The second-order valence-corrected chi connectivity index (χ2v) is 7.70. The van der Waals surface area contributed by atoms with Gasteiger partial charge in [0.15, 0.2) is 0 Å². The van der Waals surface area contributed by atoms with E-state index in [4.69, 9.17) is 9.15 Å². The van der Waals surface area contributed by atoms with Crippen molar-refractivity contribution in [3.05, 3.63) is 63.2 Å². The van der Waals surface area contributed by atoms with Crippen LogP contribution in [0.2, 0.25) is 0 Å². The normalized spacial score (nSPS) is 20.9. The number of carbonyl (C=O) groups excluding carboxylic acids is 1. The van der Waals surface area contributed by atoms with Gasteiger partial charge in [0.2, 0.25) is 0 Å². The van der Waals surface area contributed by atoms with Gasteiger partial charge in [-0.15, -0.1) is 0 Å². The van der Waals surface area contributed by atoms with Gasteiger partial charge in [0.05, 0.1) is 7.11 Å². The van der Waals surface area contributed by atoms with Crippen molar-refractivity contribution >= 4 is 5.91 Å². The van der Waals surface area contributed by atoms with E-state index in [1.165, 1.54) is 6.42 Å². The number of rotatable bonds is 5. The van der Waals surface area contributed by atoms with Crippen molar-refractivity contribution in [3.8, 4) is 5.75 Å². The first-order valence-electron chi connectivity index (χ1n) is 9.62. The second-order valence-electron chi connectivity index (χ2n) is 7.70. The van der Waals surface area contributed by atoms with E-state index in [1.54, 1.807) is 7.11 Å². The van der Waals surface area contributed by atoms with Gasteiger partial charge >= 0.3 is 5.63 Å². The van der Waals surface area contributed by atoms with Crippen molar-refractivity contribution in [2.45, 2.75) is 45.1 Å². The van der Waals surface area contributed by atoms with Crippen molar-refractivity contribution in [1.82, 2.24) is 4.90 Å². The van der Waals surface area contributed by atoms with Crippen LogP contribution in [0.15, 0.2) is 39.5 Å². The minimum Gasteiger partial charge on any atom is -0.497 e. The van der Waals surface area contributed by atoms with Crippen molar-refractivity contribution in [2.24, 2.45) is 5.92 Å². The molecule has 1 amide bonds. The molecule has 1 aromatic carbocycles. The predicted octanol–water partition coefficient (Wildman–Crippen LogP) is 3.37. The SMILES string of the molecule is COc1ccc(CCc2cc(C)c(C(=O)N3C[C@H]4CC[C@H]3C4)c(=O)o2)cc1. The highest BCUT2D eigenvalue weighted by molar-refractivity contribution is 5.95. The van der Waals surface area contributed by atoms with Crippen LogP contribution in [0.25, 0.3) is 0 Å². The molecular weight excluding hydrogens is 342 g/mol. The van der Waals surface area contributed by atoms with Gasteiger partial charge in [-0.3, -0.25) is 4.79 Å². The number of fused-ring (bicyclic) bond motifs is 2. The zero-order valence-corrected chi connectivity index (χ0v) is 15.9. The number of nitrogens with zero attached hydrogens (tertiary/aromatic N) is 1. The molecule has 2 fully saturated rings. The highest BCUT2D eigenvalue weighted by Crippen LogP contribution is 2.38. The molecule has 1 aromatic heterocycles. The van der Waals surface area contributed by atoms with Gasteiger partial charge in [0.1, 0.15) is 17.1 Å². The number of carbonyl (C=O) groups is 1. The average Bonchev–Trinajstić information content (AvgIpc) is 3.29. The predicted molar refractivity (Wildman–Crippen MR) is 102 cm³/mol. The standard InChI is InChI=1S/C22H25NO4/c1-14-11-19(10-6-15-4-8-18(26-2)9-5-15)27-22(25)20(14)21(24)23-13-16-3-7-17(23)12-16/h4-5,8-9,11,16-17H,3,6-7,10,12-13H2,1-2H3/t16-,17-/m0/s1. The molecule has 27 heavy (non-hydrogen) atoms. The molecule has 0 unspecified atom stereocenters. The monoisotopic (exact) mass is 367 g/mol. The van der Waals surface area contributed by atoms with E-state index in [1.807, 2.05) is 42.2 Å². The summed E-state index contributed by atoms with van der Waals surface area (Å²) in [6, 6.07) is 9.99. The first-order valence-corrected chi connectivity index (χ1v) is 9.62. The van der Waals surface area contributed by atoms with E-state index in [9.17, 15) is 9.59 Å². The number of piperidine rings is 1. The number of hydrogen-bond acceptors (Lipinski definition) is 4. The highest BCUT2D eigenvalue weighted by Gasteiger charge is 2.41. The van der Waals surface area contributed by atoms with Gasteiger partial charge in [-0.2, -0.15) is 0 Å². The Bertz CT molecular complexity index is 900. The Hall–Kier alpha value is -2.56. The summed E-state index contributed by atoms with van der Waals surface area (Å²) in [4.78, 5) is 27.3. The van der Waals surface area contributed by atoms with E-state index < -0.39 is 5.63 Å². The molecule has 0 N–H and O–H groups in total. The molecule has 0 radical (unpaired) electrons. The summed E-state index contributed by atoms with van der Waals surface area (Å²) in [6.45, 7) is 2.61. The summed E-state index contributed by atoms with van der Waals surface area (Å²) in [5.41, 5.74) is 1.55. The lowest BCUT2D eigenvalue weighted by atomic mass is 10.0. The third kappa shape index (κ3) is 3.51. The maximum absolute atomic E-state index is 12.9. The summed E-state index contributed by atoms with van der Waals surface area (Å²) in [6.07, 6.45) is 4.71. The molecule has 2 bridgehead atoms. The molecule has 2 aromatic rings. The van der Waals surface area contributed by atoms with Crippen LogP contribution in [0.5, 0.6) is 5.75 Å². The molecule has 5 nitrogen and oxygen atoms in total. The van der Waals surface area contributed by atoms with Crippen molar-refractivity contribution < 1.29 is 13.9 Å². The van der Waals surface area contributed by atoms with Crippen molar-refractivity contribution in [1.29, 1.82) is 0 Å². The quantitative estimate of drug-likeness (QED) is 0.813. The summed E-state index contributed by atoms with van der Waals surface area (Å²) in [5, 5.41) is 0. The number of benzene rings is 1. The molecule has 1 saturated heterocycles. The molecule has 142 valence electrons. The maximum atomic E-state index is 12.9. The Morgan fingerprint density at radius 2 is 2.00 bits per heavy atom. The number of ether oxygens (including phenoxy) is 1. The minimum atomic E-state index is -0.507. The lowest BCUT2D eigenvalue weighted by molar-refractivity contribution is 0.0697. The van der Waals surface area contributed by atoms with Crippen LogP contribution in [0, 0.1) is 12.8 Å². The third-order valence-corrected chi connectivity index (χ3v) is 5.90. The zero-order chi connectivity index (χ0) is 19.0. The first-order chi connectivity index (χ1) is 13.0. The van der Waals surface area contributed by atoms with Crippen LogP contribution in [0.1, 0.15) is 46.5 Å². The van der Waals surface area contributed by atoms with Crippen molar-refractivity contribution in [2.75, 3.05) is 13.7 Å². The maximum Gasteiger partial charge on any atom is 0.349 e. The molecule has 4 rings (SSSR count). The van der Waals surface area contributed by atoms with Crippen LogP contribution in [-0.4, -0.2) is 30.5 Å². The number of aryl methyl sites for hydroxylation is 3. The summed E-state index contributed by atoms with van der Waals surface area (Å²) < 4.78 is 10.7. The van der Waals surface area contributed by atoms with E-state index in [2.05, 4.69) is 0 Å². The molecule has 2 atom stereocenters. The molecule has 0 spiro atoms. The zero-order valence-electron chi connectivity index (χ0n) is 15.9. The van der Waals surface area contributed by atoms with Crippen LogP contribution >= 0.6 is 0 Å². The van der Waals surface area contributed by atoms with Gasteiger partial charge in [-0.1, -0.05) is 12.1 Å². The van der Waals surface area contributed by atoms with Crippen LogP contribution in [0.3, 0.4) is 0 Å². The molecule has 1 aliphatic heterocycles. The Morgan fingerprint density at radius 1 is 1.22 bits per heavy atom.